The van der Waals surface area contributed by atoms with Crippen LogP contribution in [0.2, 0.25) is 0 Å². The highest BCUT2D eigenvalue weighted by Crippen LogP contribution is 2.09. The SMILES string of the molecule is Cc1cc(CCNCCCCO)ccc1F. The zero-order valence-corrected chi connectivity index (χ0v) is 9.80. The van der Waals surface area contributed by atoms with Crippen LogP contribution in [0, 0.1) is 12.7 Å². The second-order valence-electron chi connectivity index (χ2n) is 4.01. The van der Waals surface area contributed by atoms with Crippen LogP contribution in [0.3, 0.4) is 0 Å². The average molecular weight is 225 g/mol. The zero-order chi connectivity index (χ0) is 11.8. The molecule has 0 bridgehead atoms. The van der Waals surface area contributed by atoms with Crippen LogP contribution in [-0.4, -0.2) is 24.8 Å². The molecule has 0 unspecified atom stereocenters. The van der Waals surface area contributed by atoms with E-state index >= 15 is 0 Å². The highest BCUT2D eigenvalue weighted by atomic mass is 19.1. The third-order valence-corrected chi connectivity index (χ3v) is 2.57. The summed E-state index contributed by atoms with van der Waals surface area (Å²) in [6, 6.07) is 5.25. The Morgan fingerprint density at radius 3 is 2.75 bits per heavy atom. The number of halogens is 1. The average Bonchev–Trinajstić information content (AvgIpc) is 2.28. The Hall–Kier alpha value is -0.930. The van der Waals surface area contributed by atoms with Crippen LogP contribution in [0.25, 0.3) is 0 Å². The van der Waals surface area contributed by atoms with Crippen molar-refractivity contribution in [1.29, 1.82) is 0 Å². The van der Waals surface area contributed by atoms with Gasteiger partial charge in [-0.2, -0.15) is 0 Å². The summed E-state index contributed by atoms with van der Waals surface area (Å²) in [7, 11) is 0. The van der Waals surface area contributed by atoms with E-state index in [0.717, 1.165) is 37.9 Å². The second-order valence-corrected chi connectivity index (χ2v) is 4.01. The van der Waals surface area contributed by atoms with Crippen molar-refractivity contribution in [3.63, 3.8) is 0 Å². The van der Waals surface area contributed by atoms with Crippen molar-refractivity contribution in [1.82, 2.24) is 5.32 Å². The van der Waals surface area contributed by atoms with E-state index in [9.17, 15) is 4.39 Å². The molecule has 0 saturated carbocycles. The fourth-order valence-electron chi connectivity index (χ4n) is 1.58. The summed E-state index contributed by atoms with van der Waals surface area (Å²) in [6.07, 6.45) is 2.77. The first-order valence-corrected chi connectivity index (χ1v) is 5.80. The number of aliphatic hydroxyl groups is 1. The first kappa shape index (κ1) is 13.1. The topological polar surface area (TPSA) is 32.3 Å². The van der Waals surface area contributed by atoms with Gasteiger partial charge in [-0.1, -0.05) is 12.1 Å². The standard InChI is InChI=1S/C13H20FNO/c1-11-10-12(4-5-13(11)14)6-8-15-7-2-3-9-16/h4-5,10,15-16H,2-3,6-9H2,1H3. The van der Waals surface area contributed by atoms with Crippen LogP contribution in [0.4, 0.5) is 4.39 Å². The molecule has 0 amide bonds. The lowest BCUT2D eigenvalue weighted by atomic mass is 10.1. The molecule has 3 heteroatoms. The monoisotopic (exact) mass is 225 g/mol. The van der Waals surface area contributed by atoms with Crippen molar-refractivity contribution >= 4 is 0 Å². The molecule has 0 atom stereocenters. The van der Waals surface area contributed by atoms with Crippen LogP contribution in [-0.2, 0) is 6.42 Å². The third-order valence-electron chi connectivity index (χ3n) is 2.57. The third kappa shape index (κ3) is 4.73. The Labute approximate surface area is 96.5 Å². The predicted octanol–water partition coefficient (Wildman–Crippen LogP) is 2.04. The molecule has 90 valence electrons. The molecule has 0 aliphatic heterocycles. The molecule has 0 aliphatic rings. The molecular weight excluding hydrogens is 205 g/mol. The van der Waals surface area contributed by atoms with Crippen LogP contribution in [0.5, 0.6) is 0 Å². The van der Waals surface area contributed by atoms with E-state index in [1.807, 2.05) is 12.1 Å². The number of hydrogen-bond acceptors (Lipinski definition) is 2. The van der Waals surface area contributed by atoms with Crippen LogP contribution >= 0.6 is 0 Å². The fraction of sp³-hybridized carbons (Fsp3) is 0.538. The summed E-state index contributed by atoms with van der Waals surface area (Å²) in [5.74, 6) is -0.139. The van der Waals surface area contributed by atoms with Gasteiger partial charge in [0.25, 0.3) is 0 Å². The number of rotatable bonds is 7. The number of aliphatic hydroxyl groups excluding tert-OH is 1. The first-order chi connectivity index (χ1) is 7.74. The van der Waals surface area contributed by atoms with Crippen molar-refractivity contribution in [2.75, 3.05) is 19.7 Å². The maximum absolute atomic E-state index is 13.0. The molecule has 0 aromatic heterocycles. The normalized spacial score (nSPS) is 10.7. The minimum Gasteiger partial charge on any atom is -0.396 e. The second kappa shape index (κ2) is 7.36. The molecule has 1 rings (SSSR count). The Balaban J connectivity index is 2.19. The summed E-state index contributed by atoms with van der Waals surface area (Å²) >= 11 is 0. The van der Waals surface area contributed by atoms with Gasteiger partial charge in [-0.3, -0.25) is 0 Å². The van der Waals surface area contributed by atoms with Gasteiger partial charge in [0.15, 0.2) is 0 Å². The van der Waals surface area contributed by atoms with E-state index in [-0.39, 0.29) is 12.4 Å². The van der Waals surface area contributed by atoms with Crippen LogP contribution in [0.15, 0.2) is 18.2 Å². The van der Waals surface area contributed by atoms with Crippen LogP contribution < -0.4 is 5.32 Å². The van der Waals surface area contributed by atoms with Crippen molar-refractivity contribution in [3.05, 3.63) is 35.1 Å². The minimum atomic E-state index is -0.139. The van der Waals surface area contributed by atoms with Crippen LogP contribution in [0.1, 0.15) is 24.0 Å². The van der Waals surface area contributed by atoms with E-state index < -0.39 is 0 Å². The Morgan fingerprint density at radius 2 is 2.06 bits per heavy atom. The van der Waals surface area contributed by atoms with E-state index in [1.165, 1.54) is 6.07 Å². The lowest BCUT2D eigenvalue weighted by Crippen LogP contribution is -2.18. The summed E-state index contributed by atoms with van der Waals surface area (Å²) < 4.78 is 13.0. The Morgan fingerprint density at radius 1 is 1.25 bits per heavy atom. The summed E-state index contributed by atoms with van der Waals surface area (Å²) in [6.45, 7) is 3.88. The highest BCUT2D eigenvalue weighted by Gasteiger charge is 1.98. The minimum absolute atomic E-state index is 0.139. The number of hydrogen-bond donors (Lipinski definition) is 2. The lowest BCUT2D eigenvalue weighted by molar-refractivity contribution is 0.284. The molecule has 16 heavy (non-hydrogen) atoms. The molecule has 1 aromatic rings. The molecule has 2 N–H and O–H groups in total. The molecular formula is C13H20FNO. The molecule has 1 aromatic carbocycles. The summed E-state index contributed by atoms with van der Waals surface area (Å²) in [5.41, 5.74) is 1.87. The maximum atomic E-state index is 13.0. The number of aryl methyl sites for hydroxylation is 1. The highest BCUT2D eigenvalue weighted by molar-refractivity contribution is 5.24. The van der Waals surface area contributed by atoms with Gasteiger partial charge in [0.1, 0.15) is 5.82 Å². The van der Waals surface area contributed by atoms with Gasteiger partial charge < -0.3 is 10.4 Å². The quantitative estimate of drug-likeness (QED) is 0.696. The number of nitrogens with one attached hydrogen (secondary N) is 1. The lowest BCUT2D eigenvalue weighted by Gasteiger charge is -2.05. The van der Waals surface area contributed by atoms with Gasteiger partial charge >= 0.3 is 0 Å². The van der Waals surface area contributed by atoms with Gasteiger partial charge in [0, 0.05) is 6.61 Å². The largest absolute Gasteiger partial charge is 0.396 e. The van der Waals surface area contributed by atoms with Gasteiger partial charge in [-0.25, -0.2) is 4.39 Å². The summed E-state index contributed by atoms with van der Waals surface area (Å²) in [5, 5.41) is 11.9. The van der Waals surface area contributed by atoms with Gasteiger partial charge in [0.2, 0.25) is 0 Å². The Bertz CT molecular complexity index is 315. The predicted molar refractivity (Wildman–Crippen MR) is 64.0 cm³/mol. The smallest absolute Gasteiger partial charge is 0.126 e. The van der Waals surface area contributed by atoms with Gasteiger partial charge in [-0.15, -0.1) is 0 Å². The van der Waals surface area contributed by atoms with Crippen molar-refractivity contribution in [3.8, 4) is 0 Å². The molecule has 0 spiro atoms. The molecule has 0 saturated heterocycles. The van der Waals surface area contributed by atoms with E-state index in [1.54, 1.807) is 6.92 Å². The summed E-state index contributed by atoms with van der Waals surface area (Å²) in [4.78, 5) is 0. The van der Waals surface area contributed by atoms with E-state index in [0.29, 0.717) is 5.56 Å². The molecule has 2 nitrogen and oxygen atoms in total. The Kier molecular flexibility index (Phi) is 6.04. The molecule has 0 fully saturated rings. The number of benzene rings is 1. The zero-order valence-electron chi connectivity index (χ0n) is 9.80. The van der Waals surface area contributed by atoms with Crippen molar-refractivity contribution in [2.45, 2.75) is 26.2 Å². The first-order valence-electron chi connectivity index (χ1n) is 5.80. The maximum Gasteiger partial charge on any atom is 0.126 e. The molecule has 0 radical (unpaired) electrons. The van der Waals surface area contributed by atoms with E-state index in [2.05, 4.69) is 5.32 Å². The van der Waals surface area contributed by atoms with E-state index in [4.69, 9.17) is 5.11 Å². The molecule has 0 heterocycles. The fourth-order valence-corrected chi connectivity index (χ4v) is 1.58. The van der Waals surface area contributed by atoms with Gasteiger partial charge in [0.05, 0.1) is 0 Å². The van der Waals surface area contributed by atoms with Gasteiger partial charge in [-0.05, 0) is 56.5 Å². The van der Waals surface area contributed by atoms with Crippen molar-refractivity contribution in [2.24, 2.45) is 0 Å². The molecule has 0 aliphatic carbocycles. The van der Waals surface area contributed by atoms with Crippen molar-refractivity contribution < 1.29 is 9.50 Å². The number of unbranched alkanes of at least 4 members (excludes halogenated alkanes) is 1.